The largest absolute Gasteiger partial charge is 0.469 e. The number of unbranched alkanes of at least 4 members (excludes halogenated alkanes) is 11. The molecule has 3 rings (SSSR count). The maximum absolute atomic E-state index is 13.5. The van der Waals surface area contributed by atoms with Crippen molar-refractivity contribution in [3.05, 3.63) is 36.3 Å². The molecular formula is C28H41N5O2. The van der Waals surface area contributed by atoms with Crippen LogP contribution < -0.4 is 5.73 Å². The van der Waals surface area contributed by atoms with E-state index in [9.17, 15) is 4.79 Å². The number of carbonyl (C=O) groups is 1. The smallest absolute Gasteiger partial charge is 0.218 e. The number of amidine groups is 1. The van der Waals surface area contributed by atoms with Crippen molar-refractivity contribution in [3.63, 3.8) is 0 Å². The number of guanidine groups is 1. The van der Waals surface area contributed by atoms with E-state index in [2.05, 4.69) is 39.0 Å². The second-order valence-corrected chi connectivity index (χ2v) is 9.50. The van der Waals surface area contributed by atoms with E-state index >= 15 is 0 Å². The van der Waals surface area contributed by atoms with Crippen molar-refractivity contribution in [2.75, 3.05) is 0 Å². The molecule has 0 saturated carbocycles. The fraction of sp³-hybridized carbons (Fsp3) is 0.607. The van der Waals surface area contributed by atoms with E-state index < -0.39 is 5.54 Å². The minimum atomic E-state index is -1.21. The van der Waals surface area contributed by atoms with Crippen molar-refractivity contribution >= 4 is 29.6 Å². The van der Waals surface area contributed by atoms with Gasteiger partial charge in [-0.05, 0) is 44.2 Å². The van der Waals surface area contributed by atoms with Gasteiger partial charge in [0.25, 0.3) is 0 Å². The summed E-state index contributed by atoms with van der Waals surface area (Å²) < 4.78 is 5.52. The van der Waals surface area contributed by atoms with Crippen LogP contribution in [0.4, 0.5) is 0 Å². The Kier molecular flexibility index (Phi) is 11.1. The number of furan rings is 1. The Morgan fingerprint density at radius 1 is 1.00 bits per heavy atom. The Balaban J connectivity index is 1.35. The van der Waals surface area contributed by atoms with Gasteiger partial charge >= 0.3 is 0 Å². The monoisotopic (exact) mass is 479 g/mol. The second kappa shape index (κ2) is 14.5. The van der Waals surface area contributed by atoms with Crippen LogP contribution in [-0.4, -0.2) is 35.2 Å². The molecule has 2 aliphatic rings. The quantitative estimate of drug-likeness (QED) is 0.195. The number of nitrogens with two attached hydrogens (primary N) is 1. The van der Waals surface area contributed by atoms with Crippen molar-refractivity contribution in [2.45, 2.75) is 109 Å². The highest BCUT2D eigenvalue weighted by Gasteiger charge is 2.48. The number of allylic oxidation sites excluding steroid dienone is 2. The molecule has 1 unspecified atom stereocenters. The van der Waals surface area contributed by atoms with Crippen LogP contribution in [0.3, 0.4) is 0 Å². The number of nitrogens with zero attached hydrogens (tertiary/aromatic N) is 4. The zero-order valence-electron chi connectivity index (χ0n) is 21.3. The van der Waals surface area contributed by atoms with Gasteiger partial charge in [-0.15, -0.1) is 0 Å². The van der Waals surface area contributed by atoms with Gasteiger partial charge in [-0.3, -0.25) is 4.79 Å². The third-order valence-electron chi connectivity index (χ3n) is 6.63. The van der Waals surface area contributed by atoms with Gasteiger partial charge < -0.3 is 10.2 Å². The SMILES string of the molecule is CCCCCCCC/C=C\CCCCCCCC(=O)C1(Cc2ccco2)N=C(N)N=C2N=CN=C21. The maximum Gasteiger partial charge on any atom is 0.218 e. The van der Waals surface area contributed by atoms with Gasteiger partial charge in [-0.1, -0.05) is 70.4 Å². The normalized spacial score (nSPS) is 19.1. The summed E-state index contributed by atoms with van der Waals surface area (Å²) in [5.74, 6) is 1.09. The van der Waals surface area contributed by atoms with Crippen molar-refractivity contribution in [1.82, 2.24) is 0 Å². The number of hydrogen-bond donors (Lipinski definition) is 1. The van der Waals surface area contributed by atoms with Crippen molar-refractivity contribution in [1.29, 1.82) is 0 Å². The second-order valence-electron chi connectivity index (χ2n) is 9.50. The molecule has 0 bridgehead atoms. The molecule has 0 amide bonds. The molecule has 0 fully saturated rings. The van der Waals surface area contributed by atoms with Gasteiger partial charge in [0.05, 0.1) is 6.26 Å². The Hall–Kier alpha value is -2.83. The van der Waals surface area contributed by atoms with E-state index in [1.165, 1.54) is 64.1 Å². The predicted octanol–water partition coefficient (Wildman–Crippen LogP) is 6.38. The standard InChI is InChI=1S/C28H41N5O2/c1-2-3-4-5-6-7-8-9-10-11-12-13-14-15-16-19-24(34)28(21-23-18-17-20-35-23)25-26(31-22-30-25)32-27(29)33-28/h9-10,17-18,20,22H,2-8,11-16,19,21H2,1H3,(H2,29,33)/b10-9-. The first-order valence-corrected chi connectivity index (χ1v) is 13.4. The number of hydrogen-bond acceptors (Lipinski definition) is 7. The molecule has 2 N–H and O–H groups in total. The summed E-state index contributed by atoms with van der Waals surface area (Å²) in [5, 5.41) is 0. The van der Waals surface area contributed by atoms with Crippen LogP contribution in [0.15, 0.2) is 54.9 Å². The lowest BCUT2D eigenvalue weighted by Crippen LogP contribution is -2.52. The summed E-state index contributed by atoms with van der Waals surface area (Å²) in [6, 6.07) is 3.64. The molecule has 7 heteroatoms. The van der Waals surface area contributed by atoms with Crippen LogP contribution in [0.2, 0.25) is 0 Å². The fourth-order valence-electron chi connectivity index (χ4n) is 4.66. The lowest BCUT2D eigenvalue weighted by Gasteiger charge is -2.30. The molecule has 1 atom stereocenters. The third-order valence-corrected chi connectivity index (χ3v) is 6.63. The molecule has 7 nitrogen and oxygen atoms in total. The van der Waals surface area contributed by atoms with E-state index in [1.54, 1.807) is 12.3 Å². The van der Waals surface area contributed by atoms with Crippen LogP contribution >= 0.6 is 0 Å². The van der Waals surface area contributed by atoms with E-state index in [-0.39, 0.29) is 18.2 Å². The lowest BCUT2D eigenvalue weighted by molar-refractivity contribution is -0.122. The van der Waals surface area contributed by atoms with Crippen LogP contribution in [0, 0.1) is 0 Å². The minimum Gasteiger partial charge on any atom is -0.469 e. The molecule has 190 valence electrons. The number of carbonyl (C=O) groups excluding carboxylic acids is 1. The van der Waals surface area contributed by atoms with Crippen LogP contribution in [0.1, 0.15) is 103 Å². The summed E-state index contributed by atoms with van der Waals surface area (Å²) >= 11 is 0. The van der Waals surface area contributed by atoms with Gasteiger partial charge in [0.15, 0.2) is 17.2 Å². The van der Waals surface area contributed by atoms with Crippen molar-refractivity contribution < 1.29 is 9.21 Å². The highest BCUT2D eigenvalue weighted by molar-refractivity contribution is 6.54. The first kappa shape index (κ1) is 26.8. The summed E-state index contributed by atoms with van der Waals surface area (Å²) in [5.41, 5.74) is 5.22. The van der Waals surface area contributed by atoms with E-state index in [0.29, 0.717) is 23.7 Å². The average Bonchev–Trinajstić information content (AvgIpc) is 3.53. The Bertz CT molecular complexity index is 943. The van der Waals surface area contributed by atoms with Gasteiger partial charge in [-0.25, -0.2) is 15.0 Å². The highest BCUT2D eigenvalue weighted by atomic mass is 16.3. The molecule has 0 spiro atoms. The average molecular weight is 480 g/mol. The first-order valence-electron chi connectivity index (χ1n) is 13.4. The number of aliphatic imine (C=N–C) groups is 4. The molecule has 1 aromatic heterocycles. The first-order chi connectivity index (χ1) is 17.2. The van der Waals surface area contributed by atoms with E-state index in [4.69, 9.17) is 10.2 Å². The Morgan fingerprint density at radius 2 is 1.69 bits per heavy atom. The Labute approximate surface area is 209 Å². The third kappa shape index (κ3) is 8.11. The van der Waals surface area contributed by atoms with E-state index in [0.717, 1.165) is 25.7 Å². The van der Waals surface area contributed by atoms with E-state index in [1.807, 2.05) is 6.07 Å². The molecule has 1 aromatic rings. The number of ketones is 1. The maximum atomic E-state index is 13.5. The molecule has 3 heterocycles. The Morgan fingerprint density at radius 3 is 2.37 bits per heavy atom. The van der Waals surface area contributed by atoms with Crippen LogP contribution in [-0.2, 0) is 11.2 Å². The summed E-state index contributed by atoms with van der Waals surface area (Å²) in [7, 11) is 0. The summed E-state index contributed by atoms with van der Waals surface area (Å²) in [6.45, 7) is 2.26. The van der Waals surface area contributed by atoms with Gasteiger partial charge in [0.2, 0.25) is 5.96 Å². The fourth-order valence-corrected chi connectivity index (χ4v) is 4.66. The van der Waals surface area contributed by atoms with Gasteiger partial charge in [-0.2, -0.15) is 4.99 Å². The summed E-state index contributed by atoms with van der Waals surface area (Å²) in [6.07, 6.45) is 24.2. The van der Waals surface area contributed by atoms with Gasteiger partial charge in [0, 0.05) is 12.8 Å². The molecule has 2 aliphatic heterocycles. The number of Topliss-reactive ketones (excluding diaryl/α,β-unsaturated/α-hetero) is 1. The lowest BCUT2D eigenvalue weighted by atomic mass is 9.81. The molecule has 0 aromatic carbocycles. The van der Waals surface area contributed by atoms with Crippen LogP contribution in [0.5, 0.6) is 0 Å². The molecule has 0 aliphatic carbocycles. The zero-order chi connectivity index (χ0) is 24.8. The molecular weight excluding hydrogens is 438 g/mol. The molecule has 0 radical (unpaired) electrons. The topological polar surface area (TPSA) is 106 Å². The summed E-state index contributed by atoms with van der Waals surface area (Å²) in [4.78, 5) is 30.6. The van der Waals surface area contributed by atoms with Gasteiger partial charge in [0.1, 0.15) is 17.8 Å². The number of rotatable bonds is 18. The minimum absolute atomic E-state index is 0.00822. The van der Waals surface area contributed by atoms with Crippen molar-refractivity contribution in [2.24, 2.45) is 25.7 Å². The number of fused-ring (bicyclic) bond motifs is 1. The van der Waals surface area contributed by atoms with Crippen molar-refractivity contribution in [3.8, 4) is 0 Å². The zero-order valence-corrected chi connectivity index (χ0v) is 21.3. The molecule has 35 heavy (non-hydrogen) atoms. The van der Waals surface area contributed by atoms with Crippen LogP contribution in [0.25, 0.3) is 0 Å². The predicted molar refractivity (Wildman–Crippen MR) is 145 cm³/mol. The highest BCUT2D eigenvalue weighted by Crippen LogP contribution is 2.29. The molecule has 0 saturated heterocycles.